The van der Waals surface area contributed by atoms with Gasteiger partial charge in [-0.05, 0) is 98.9 Å². The number of halogens is 2. The quantitative estimate of drug-likeness (QED) is 0.0565. The molecule has 420 valence electrons. The van der Waals surface area contributed by atoms with Crippen molar-refractivity contribution in [3.8, 4) is 11.5 Å². The summed E-state index contributed by atoms with van der Waals surface area (Å²) in [5.74, 6) is -2.48. The van der Waals surface area contributed by atoms with Crippen molar-refractivity contribution in [2.75, 3.05) is 74.3 Å². The fraction of sp³-hybridized carbons (Fsp3) is 0.536. The Hall–Kier alpha value is -4.60. The summed E-state index contributed by atoms with van der Waals surface area (Å²) >= 11 is 2.75. The maximum absolute atomic E-state index is 14.1. The molecule has 2 heterocycles. The van der Waals surface area contributed by atoms with Crippen LogP contribution in [0.15, 0.2) is 92.4 Å². The molecule has 0 unspecified atom stereocenters. The lowest BCUT2D eigenvalue weighted by molar-refractivity contribution is -0.151. The van der Waals surface area contributed by atoms with Crippen molar-refractivity contribution in [1.29, 1.82) is 0 Å². The molecule has 14 nitrogen and oxygen atoms in total. The SMILES string of the molecule is CCCCC1(CCCC)CN(c2ccc(F)cc2)c2cc(SC)c(OC[C@@H](OC)C(=O)O)cc2S(=O)(=O)C1.CCCCC1(CCCC)CN(c2ccc(F)cc2)c2cc(SC)c(OC[C@H](OC)C(=O)O)cc2S(=O)(=O)C1. The number of ether oxygens (including phenoxy) is 4. The van der Waals surface area contributed by atoms with Crippen LogP contribution in [-0.4, -0.2) is 116 Å². The van der Waals surface area contributed by atoms with E-state index in [0.717, 1.165) is 77.0 Å². The van der Waals surface area contributed by atoms with Gasteiger partial charge in [0.25, 0.3) is 0 Å². The highest BCUT2D eigenvalue weighted by Gasteiger charge is 2.44. The fourth-order valence-electron chi connectivity index (χ4n) is 10.00. The average molecular weight is 1140 g/mol. The van der Waals surface area contributed by atoms with Gasteiger partial charge < -0.3 is 39.0 Å². The predicted molar refractivity (Wildman–Crippen MR) is 298 cm³/mol. The van der Waals surface area contributed by atoms with Crippen LogP contribution in [-0.2, 0) is 38.7 Å². The largest absolute Gasteiger partial charge is 0.489 e. The van der Waals surface area contributed by atoms with Crippen LogP contribution in [0.2, 0.25) is 0 Å². The minimum Gasteiger partial charge on any atom is -0.489 e. The van der Waals surface area contributed by atoms with E-state index in [4.69, 9.17) is 18.9 Å². The molecule has 4 aromatic rings. The van der Waals surface area contributed by atoms with Gasteiger partial charge in [-0.3, -0.25) is 0 Å². The Morgan fingerprint density at radius 3 is 1.16 bits per heavy atom. The molecule has 0 fully saturated rings. The number of hydrogen-bond acceptors (Lipinski definition) is 14. The number of carboxylic acids is 2. The number of methoxy groups -OCH3 is 2. The molecule has 20 heteroatoms. The summed E-state index contributed by atoms with van der Waals surface area (Å²) in [6.07, 6.45) is 11.8. The van der Waals surface area contributed by atoms with E-state index >= 15 is 0 Å². The second-order valence-corrected chi connectivity index (χ2v) is 25.4. The van der Waals surface area contributed by atoms with Gasteiger partial charge in [0.15, 0.2) is 31.9 Å². The zero-order valence-corrected chi connectivity index (χ0v) is 48.3. The van der Waals surface area contributed by atoms with E-state index < -0.39 is 54.7 Å². The normalized spacial score (nSPS) is 16.9. The van der Waals surface area contributed by atoms with E-state index in [9.17, 15) is 45.4 Å². The third-order valence-electron chi connectivity index (χ3n) is 14.1. The van der Waals surface area contributed by atoms with E-state index in [1.165, 1.54) is 74.1 Å². The number of hydrogen-bond donors (Lipinski definition) is 2. The van der Waals surface area contributed by atoms with Crippen LogP contribution in [0.25, 0.3) is 0 Å². The second-order valence-electron chi connectivity index (χ2n) is 19.7. The van der Waals surface area contributed by atoms with Crippen molar-refractivity contribution in [2.24, 2.45) is 10.8 Å². The molecule has 0 radical (unpaired) electrons. The average Bonchev–Trinajstić information content (AvgIpc) is 3.56. The number of nitrogens with zero attached hydrogens (tertiary/aromatic N) is 2. The van der Waals surface area contributed by atoms with Crippen LogP contribution in [0.4, 0.5) is 31.5 Å². The molecular weight excluding hydrogens is 1060 g/mol. The van der Waals surface area contributed by atoms with Crippen molar-refractivity contribution in [1.82, 2.24) is 0 Å². The lowest BCUT2D eigenvalue weighted by atomic mass is 9.79. The highest BCUT2D eigenvalue weighted by molar-refractivity contribution is 7.99. The van der Waals surface area contributed by atoms with Crippen LogP contribution in [0.1, 0.15) is 105 Å². The Morgan fingerprint density at radius 2 is 0.895 bits per heavy atom. The summed E-state index contributed by atoms with van der Waals surface area (Å²) in [7, 11) is -4.95. The molecule has 0 spiro atoms. The van der Waals surface area contributed by atoms with Gasteiger partial charge in [-0.2, -0.15) is 0 Å². The number of thioether (sulfide) groups is 2. The minimum absolute atomic E-state index is 0.00142. The predicted octanol–water partition coefficient (Wildman–Crippen LogP) is 12.6. The Balaban J connectivity index is 0.000000281. The van der Waals surface area contributed by atoms with Gasteiger partial charge in [-0.15, -0.1) is 23.5 Å². The third kappa shape index (κ3) is 15.8. The number of benzene rings is 4. The number of unbranched alkanes of at least 4 members (excludes halogenated alkanes) is 4. The Kier molecular flexibility index (Phi) is 23.2. The Labute approximate surface area is 457 Å². The highest BCUT2D eigenvalue weighted by Crippen LogP contribution is 2.50. The van der Waals surface area contributed by atoms with Gasteiger partial charge in [-0.25, -0.2) is 35.2 Å². The molecule has 2 aliphatic rings. The van der Waals surface area contributed by atoms with Gasteiger partial charge in [0.05, 0.1) is 42.5 Å². The van der Waals surface area contributed by atoms with E-state index in [0.29, 0.717) is 45.6 Å². The van der Waals surface area contributed by atoms with Gasteiger partial charge in [-0.1, -0.05) is 79.1 Å². The maximum atomic E-state index is 14.1. The maximum Gasteiger partial charge on any atom is 0.336 e. The number of rotatable bonds is 26. The van der Waals surface area contributed by atoms with Gasteiger partial charge in [0, 0.05) is 61.6 Å². The first-order valence-corrected chi connectivity index (χ1v) is 31.7. The van der Waals surface area contributed by atoms with Crippen LogP contribution < -0.4 is 19.3 Å². The summed E-state index contributed by atoms with van der Waals surface area (Å²) in [5, 5.41) is 18.7. The number of sulfone groups is 2. The molecular formula is C56H76F2N2O12S4. The van der Waals surface area contributed by atoms with Crippen molar-refractivity contribution in [2.45, 2.75) is 137 Å². The van der Waals surface area contributed by atoms with Crippen molar-refractivity contribution < 1.29 is 64.4 Å². The van der Waals surface area contributed by atoms with E-state index in [-0.39, 0.29) is 57.6 Å². The zero-order valence-electron chi connectivity index (χ0n) is 45.1. The standard InChI is InChI=1S/2C28H38FNO6S2/c2*1-5-7-13-28(14-8-6-2)18-30(21-11-9-20(29)10-12-21)22-15-25(37-4)23(16-26(22)38(33,34)19-28)36-17-24(35-3)27(31)32/h2*9-12,15-16,24H,5-8,13-14,17-19H2,1-4H3,(H,31,32)/t2*24-/m10/s1. The van der Waals surface area contributed by atoms with Crippen LogP contribution in [0, 0.1) is 22.5 Å². The van der Waals surface area contributed by atoms with Crippen molar-refractivity contribution in [3.63, 3.8) is 0 Å². The lowest BCUT2D eigenvalue weighted by Crippen LogP contribution is -2.38. The molecule has 2 aliphatic heterocycles. The summed E-state index contributed by atoms with van der Waals surface area (Å²) in [6, 6.07) is 18.9. The first-order chi connectivity index (χ1) is 36.2. The Morgan fingerprint density at radius 1 is 0.579 bits per heavy atom. The topological polar surface area (TPSA) is 186 Å². The van der Waals surface area contributed by atoms with Crippen LogP contribution in [0.3, 0.4) is 0 Å². The number of anilines is 4. The fourth-order valence-corrected chi connectivity index (χ4v) is 15.3. The summed E-state index contributed by atoms with van der Waals surface area (Å²) in [6.45, 7) is 8.85. The van der Waals surface area contributed by atoms with Crippen molar-refractivity contribution in [3.05, 3.63) is 84.4 Å². The van der Waals surface area contributed by atoms with Crippen LogP contribution >= 0.6 is 23.5 Å². The molecule has 2 N–H and O–H groups in total. The van der Waals surface area contributed by atoms with Gasteiger partial charge >= 0.3 is 11.9 Å². The second kappa shape index (κ2) is 28.3. The lowest BCUT2D eigenvalue weighted by Gasteiger charge is -2.37. The molecule has 0 amide bonds. The molecule has 4 aromatic carbocycles. The molecule has 0 saturated heterocycles. The molecule has 0 saturated carbocycles. The molecule has 2 atom stereocenters. The zero-order chi connectivity index (χ0) is 55.8. The number of aliphatic carboxylic acids is 2. The van der Waals surface area contributed by atoms with Gasteiger partial charge in [0.1, 0.15) is 36.3 Å². The monoisotopic (exact) mass is 1130 g/mol. The molecule has 0 bridgehead atoms. The van der Waals surface area contributed by atoms with E-state index in [1.807, 2.05) is 22.3 Å². The van der Waals surface area contributed by atoms with Gasteiger partial charge in [0.2, 0.25) is 0 Å². The molecule has 0 aromatic heterocycles. The Bertz CT molecular complexity index is 2580. The number of carbonyl (C=O) groups is 2. The first-order valence-electron chi connectivity index (χ1n) is 25.9. The minimum atomic E-state index is -3.76. The summed E-state index contributed by atoms with van der Waals surface area (Å²) in [5.41, 5.74) is 1.50. The number of fused-ring (bicyclic) bond motifs is 2. The van der Waals surface area contributed by atoms with Crippen molar-refractivity contribution >= 4 is 77.9 Å². The smallest absolute Gasteiger partial charge is 0.336 e. The number of carboxylic acid groups (broad SMARTS) is 2. The molecule has 76 heavy (non-hydrogen) atoms. The molecule has 6 rings (SSSR count). The van der Waals surface area contributed by atoms with Crippen LogP contribution in [0.5, 0.6) is 11.5 Å². The van der Waals surface area contributed by atoms with E-state index in [2.05, 4.69) is 27.7 Å². The molecule has 0 aliphatic carbocycles. The summed E-state index contributed by atoms with van der Waals surface area (Å²) in [4.78, 5) is 28.4. The third-order valence-corrected chi connectivity index (χ3v) is 19.6. The summed E-state index contributed by atoms with van der Waals surface area (Å²) < 4.78 is 106. The van der Waals surface area contributed by atoms with E-state index in [1.54, 1.807) is 36.4 Å². The first kappa shape index (κ1) is 62.2. The highest BCUT2D eigenvalue weighted by atomic mass is 32.2.